The molecule has 8 heteroatoms. The van der Waals surface area contributed by atoms with Gasteiger partial charge in [-0.3, -0.25) is 9.48 Å². The van der Waals surface area contributed by atoms with Crippen LogP contribution in [0.25, 0.3) is 0 Å². The molecule has 0 saturated carbocycles. The second kappa shape index (κ2) is 5.57. The van der Waals surface area contributed by atoms with Crippen molar-refractivity contribution in [3.05, 3.63) is 36.2 Å². The second-order valence-corrected chi connectivity index (χ2v) is 6.56. The third kappa shape index (κ3) is 3.40. The van der Waals surface area contributed by atoms with E-state index >= 15 is 0 Å². The Labute approximate surface area is 122 Å². The van der Waals surface area contributed by atoms with E-state index in [1.165, 1.54) is 12.1 Å². The first kappa shape index (κ1) is 15.0. The van der Waals surface area contributed by atoms with Crippen molar-refractivity contribution in [3.8, 4) is 0 Å². The summed E-state index contributed by atoms with van der Waals surface area (Å²) in [7, 11) is -3.33. The van der Waals surface area contributed by atoms with Crippen molar-refractivity contribution >= 4 is 27.1 Å². The maximum atomic E-state index is 12.1. The zero-order valence-corrected chi connectivity index (χ0v) is 12.5. The molecule has 0 saturated heterocycles. The summed E-state index contributed by atoms with van der Waals surface area (Å²) >= 11 is 0. The molecule has 1 amide bonds. The Bertz CT molecular complexity index is 780. The van der Waals surface area contributed by atoms with Gasteiger partial charge >= 0.3 is 0 Å². The number of rotatable bonds is 4. The molecule has 0 atom stereocenters. The summed E-state index contributed by atoms with van der Waals surface area (Å²) in [5, 5.41) is 6.65. The number of anilines is 2. The number of benzene rings is 1. The van der Waals surface area contributed by atoms with Gasteiger partial charge in [0.15, 0.2) is 15.5 Å². The number of carbonyl (C=O) groups is 1. The van der Waals surface area contributed by atoms with Crippen molar-refractivity contribution < 1.29 is 13.2 Å². The molecule has 1 heterocycles. The van der Waals surface area contributed by atoms with Crippen LogP contribution in [0.4, 0.5) is 11.4 Å². The topological polar surface area (TPSA) is 107 Å². The molecule has 1 aromatic heterocycles. The smallest absolute Gasteiger partial charge is 0.278 e. The lowest BCUT2D eigenvalue weighted by Crippen LogP contribution is -2.15. The number of nitrogen functional groups attached to an aromatic ring is 1. The third-order valence-corrected chi connectivity index (χ3v) is 3.96. The molecule has 0 aliphatic carbocycles. The number of nitrogens with zero attached hydrogens (tertiary/aromatic N) is 2. The summed E-state index contributed by atoms with van der Waals surface area (Å²) < 4.78 is 24.5. The van der Waals surface area contributed by atoms with Gasteiger partial charge in [0.2, 0.25) is 0 Å². The summed E-state index contributed by atoms with van der Waals surface area (Å²) in [6, 6.07) is 6.00. The Morgan fingerprint density at radius 3 is 2.71 bits per heavy atom. The summed E-state index contributed by atoms with van der Waals surface area (Å²) in [6.07, 6.45) is 2.68. The molecule has 21 heavy (non-hydrogen) atoms. The molecule has 0 aliphatic rings. The molecule has 2 aromatic rings. The Kier molecular flexibility index (Phi) is 3.99. The lowest BCUT2D eigenvalue weighted by Gasteiger charge is -2.05. The number of hydrogen-bond acceptors (Lipinski definition) is 5. The second-order valence-electron chi connectivity index (χ2n) is 4.54. The van der Waals surface area contributed by atoms with Gasteiger partial charge in [0.25, 0.3) is 5.91 Å². The van der Waals surface area contributed by atoms with Crippen molar-refractivity contribution in [2.45, 2.75) is 18.4 Å². The molecule has 0 spiro atoms. The molecule has 3 N–H and O–H groups in total. The van der Waals surface area contributed by atoms with Crippen LogP contribution in [0.1, 0.15) is 17.4 Å². The van der Waals surface area contributed by atoms with Crippen LogP contribution >= 0.6 is 0 Å². The number of amides is 1. The number of hydrogen-bond donors (Lipinski definition) is 2. The first-order valence-corrected chi connectivity index (χ1v) is 8.15. The van der Waals surface area contributed by atoms with Crippen LogP contribution in [0.15, 0.2) is 35.4 Å². The molecule has 0 radical (unpaired) electrons. The van der Waals surface area contributed by atoms with Crippen LogP contribution < -0.4 is 11.1 Å². The maximum Gasteiger partial charge on any atom is 0.278 e. The van der Waals surface area contributed by atoms with E-state index in [2.05, 4.69) is 10.4 Å². The van der Waals surface area contributed by atoms with E-state index in [9.17, 15) is 13.2 Å². The monoisotopic (exact) mass is 308 g/mol. The van der Waals surface area contributed by atoms with Gasteiger partial charge in [-0.2, -0.15) is 5.10 Å². The molecule has 1 aromatic carbocycles. The number of nitrogens with one attached hydrogen (secondary N) is 1. The largest absolute Gasteiger partial charge is 0.396 e. The summed E-state index contributed by atoms with van der Waals surface area (Å²) in [6.45, 7) is 2.48. The zero-order chi connectivity index (χ0) is 15.6. The van der Waals surface area contributed by atoms with Crippen molar-refractivity contribution in [1.82, 2.24) is 9.78 Å². The van der Waals surface area contributed by atoms with Crippen molar-refractivity contribution in [1.29, 1.82) is 0 Å². The van der Waals surface area contributed by atoms with Gasteiger partial charge in [-0.05, 0) is 25.1 Å². The van der Waals surface area contributed by atoms with Gasteiger partial charge < -0.3 is 11.1 Å². The van der Waals surface area contributed by atoms with Gasteiger partial charge in [-0.15, -0.1) is 0 Å². The lowest BCUT2D eigenvalue weighted by molar-refractivity contribution is 0.102. The summed E-state index contributed by atoms with van der Waals surface area (Å²) in [4.78, 5) is 12.2. The van der Waals surface area contributed by atoms with Gasteiger partial charge in [0.05, 0.1) is 10.6 Å². The van der Waals surface area contributed by atoms with Crippen LogP contribution in [0.2, 0.25) is 0 Å². The Hall–Kier alpha value is -2.35. The highest BCUT2D eigenvalue weighted by Gasteiger charge is 2.15. The molecule has 7 nitrogen and oxygen atoms in total. The van der Waals surface area contributed by atoms with Gasteiger partial charge in [-0.25, -0.2) is 8.42 Å². The van der Waals surface area contributed by atoms with Crippen LogP contribution in [0.3, 0.4) is 0 Å². The minimum Gasteiger partial charge on any atom is -0.396 e. The van der Waals surface area contributed by atoms with Crippen LogP contribution in [0.5, 0.6) is 0 Å². The quantitative estimate of drug-likeness (QED) is 0.880. The van der Waals surface area contributed by atoms with Crippen molar-refractivity contribution in [2.75, 3.05) is 17.3 Å². The molecule has 0 bridgehead atoms. The molecule has 112 valence electrons. The highest BCUT2D eigenvalue weighted by Crippen LogP contribution is 2.17. The van der Waals surface area contributed by atoms with Crippen molar-refractivity contribution in [3.63, 3.8) is 0 Å². The molecule has 0 aliphatic heterocycles. The number of carbonyl (C=O) groups excluding carboxylic acids is 1. The summed E-state index contributed by atoms with van der Waals surface area (Å²) in [5.41, 5.74) is 6.48. The molecule has 0 unspecified atom stereocenters. The zero-order valence-electron chi connectivity index (χ0n) is 11.7. The van der Waals surface area contributed by atoms with E-state index in [1.54, 1.807) is 23.0 Å². The van der Waals surface area contributed by atoms with E-state index in [-0.39, 0.29) is 16.3 Å². The number of nitrogens with two attached hydrogens (primary N) is 1. The predicted octanol–water partition coefficient (Wildman–Crippen LogP) is 1.14. The van der Waals surface area contributed by atoms with E-state index in [0.717, 1.165) is 6.26 Å². The molecule has 0 fully saturated rings. The first-order chi connectivity index (χ1) is 9.81. The van der Waals surface area contributed by atoms with Crippen molar-refractivity contribution in [2.24, 2.45) is 0 Å². The van der Waals surface area contributed by atoms with E-state index in [4.69, 9.17) is 5.73 Å². The Morgan fingerprint density at radius 2 is 2.14 bits per heavy atom. The van der Waals surface area contributed by atoms with Crippen LogP contribution in [0, 0.1) is 0 Å². The Balaban J connectivity index is 2.25. The minimum atomic E-state index is -3.33. The summed E-state index contributed by atoms with van der Waals surface area (Å²) in [5.74, 6) is -0.481. The minimum absolute atomic E-state index is 0.113. The van der Waals surface area contributed by atoms with E-state index < -0.39 is 15.7 Å². The van der Waals surface area contributed by atoms with Crippen LogP contribution in [-0.4, -0.2) is 30.4 Å². The fourth-order valence-electron chi connectivity index (χ4n) is 1.77. The predicted molar refractivity (Wildman–Crippen MR) is 79.8 cm³/mol. The number of aryl methyl sites for hydroxylation is 1. The van der Waals surface area contributed by atoms with Gasteiger partial charge in [-0.1, -0.05) is 6.07 Å². The van der Waals surface area contributed by atoms with Gasteiger partial charge in [0, 0.05) is 24.7 Å². The number of sulfone groups is 1. The normalized spacial score (nSPS) is 11.3. The molecular formula is C13H16N4O3S. The van der Waals surface area contributed by atoms with E-state index in [1.807, 2.05) is 6.92 Å². The van der Waals surface area contributed by atoms with E-state index in [0.29, 0.717) is 12.2 Å². The fraction of sp³-hybridized carbons (Fsp3) is 0.231. The molecular weight excluding hydrogens is 292 g/mol. The van der Waals surface area contributed by atoms with Gasteiger partial charge in [0.1, 0.15) is 0 Å². The number of aromatic nitrogens is 2. The third-order valence-electron chi connectivity index (χ3n) is 2.85. The average molecular weight is 308 g/mol. The molecule has 2 rings (SSSR count). The first-order valence-electron chi connectivity index (χ1n) is 6.25. The maximum absolute atomic E-state index is 12.1. The highest BCUT2D eigenvalue weighted by molar-refractivity contribution is 7.90. The fourth-order valence-corrected chi connectivity index (χ4v) is 2.44. The lowest BCUT2D eigenvalue weighted by atomic mass is 10.3. The average Bonchev–Trinajstić information content (AvgIpc) is 2.79. The SMILES string of the molecule is CCn1cc(N)c(C(=O)Nc2cccc(S(C)(=O)=O)c2)n1. The highest BCUT2D eigenvalue weighted by atomic mass is 32.2. The van der Waals surface area contributed by atoms with Crippen LogP contribution in [-0.2, 0) is 16.4 Å². The standard InChI is InChI=1S/C13H16N4O3S/c1-3-17-8-11(14)12(16-17)13(18)15-9-5-4-6-10(7-9)21(2,19)20/h4-8H,3,14H2,1-2H3,(H,15,18). The Morgan fingerprint density at radius 1 is 1.43 bits per heavy atom.